The molecule has 0 saturated heterocycles. The van der Waals surface area contributed by atoms with Crippen LogP contribution in [0, 0.1) is 11.6 Å². The predicted octanol–water partition coefficient (Wildman–Crippen LogP) is 4.18. The number of nitrogens with zero attached hydrogens (tertiary/aromatic N) is 2. The Kier molecular flexibility index (Phi) is 4.85. The van der Waals surface area contributed by atoms with Crippen LogP contribution in [0.4, 0.5) is 13.2 Å². The molecule has 0 spiro atoms. The number of aliphatic imine (C=N–C) groups is 1. The number of aliphatic hydroxyl groups is 1. The van der Waals surface area contributed by atoms with Gasteiger partial charge in [-0.15, -0.1) is 0 Å². The summed E-state index contributed by atoms with van der Waals surface area (Å²) < 4.78 is 54.3. The van der Waals surface area contributed by atoms with E-state index in [9.17, 15) is 13.2 Å². The number of aliphatic hydroxyl groups excluding tert-OH is 1. The third-order valence-corrected chi connectivity index (χ3v) is 5.53. The molecule has 5 rings (SSSR count). The van der Waals surface area contributed by atoms with Crippen molar-refractivity contribution < 1.29 is 27.8 Å². The van der Waals surface area contributed by atoms with Crippen LogP contribution in [0.1, 0.15) is 29.9 Å². The number of aromatic nitrogens is 2. The summed E-state index contributed by atoms with van der Waals surface area (Å²) in [5, 5.41) is 9.74. The number of ether oxygens (including phenoxy) is 2. The van der Waals surface area contributed by atoms with Gasteiger partial charge in [0.1, 0.15) is 18.0 Å². The molecule has 1 aromatic carbocycles. The summed E-state index contributed by atoms with van der Waals surface area (Å²) in [6.45, 7) is -1.32. The maximum atomic E-state index is 14.8. The van der Waals surface area contributed by atoms with Crippen molar-refractivity contribution in [3.8, 4) is 11.5 Å². The number of halogens is 3. The third kappa shape index (κ3) is 3.85. The van der Waals surface area contributed by atoms with E-state index in [0.717, 1.165) is 35.9 Å². The highest BCUT2D eigenvalue weighted by Crippen LogP contribution is 2.46. The molecule has 9 heteroatoms. The second-order valence-electron chi connectivity index (χ2n) is 8.03. The molecular formula is C22H20F3N3O3. The highest BCUT2D eigenvalue weighted by Gasteiger charge is 2.34. The minimum absolute atomic E-state index is 0.00122. The monoisotopic (exact) mass is 431 g/mol. The van der Waals surface area contributed by atoms with Crippen molar-refractivity contribution in [1.29, 1.82) is 0 Å². The fourth-order valence-electron chi connectivity index (χ4n) is 3.69. The fraction of sp³-hybridized carbons (Fsp3) is 0.364. The molecule has 162 valence electrons. The van der Waals surface area contributed by atoms with Gasteiger partial charge >= 0.3 is 0 Å². The topological polar surface area (TPSA) is 79.7 Å². The first-order chi connectivity index (χ1) is 15.0. The average Bonchev–Trinajstić information content (AvgIpc) is 3.51. The van der Waals surface area contributed by atoms with E-state index >= 15 is 0 Å². The lowest BCUT2D eigenvalue weighted by Gasteiger charge is -2.26. The van der Waals surface area contributed by atoms with E-state index in [1.165, 1.54) is 6.20 Å². The van der Waals surface area contributed by atoms with E-state index in [0.29, 0.717) is 17.3 Å². The molecular weight excluding hydrogens is 411 g/mol. The zero-order chi connectivity index (χ0) is 21.6. The predicted molar refractivity (Wildman–Crippen MR) is 107 cm³/mol. The second-order valence-corrected chi connectivity index (χ2v) is 8.03. The zero-order valence-corrected chi connectivity index (χ0v) is 16.5. The van der Waals surface area contributed by atoms with Gasteiger partial charge in [-0.05, 0) is 48.1 Å². The van der Waals surface area contributed by atoms with Gasteiger partial charge in [-0.25, -0.2) is 18.2 Å². The Hall–Kier alpha value is -3.07. The molecule has 1 saturated carbocycles. The molecule has 2 aromatic heterocycles. The molecule has 1 aliphatic carbocycles. The first-order valence-corrected chi connectivity index (χ1v) is 10.0. The number of hydrogen-bond acceptors (Lipinski definition) is 5. The Labute approximate surface area is 175 Å². The lowest BCUT2D eigenvalue weighted by atomic mass is 10.1. The Morgan fingerprint density at radius 3 is 2.68 bits per heavy atom. The van der Waals surface area contributed by atoms with Gasteiger partial charge in [0.05, 0.1) is 18.5 Å². The van der Waals surface area contributed by atoms with E-state index in [1.54, 1.807) is 6.07 Å². The van der Waals surface area contributed by atoms with Crippen LogP contribution >= 0.6 is 0 Å². The summed E-state index contributed by atoms with van der Waals surface area (Å²) in [7, 11) is 0. The first kappa shape index (κ1) is 19.9. The molecule has 1 unspecified atom stereocenters. The van der Waals surface area contributed by atoms with Crippen molar-refractivity contribution in [2.24, 2.45) is 4.99 Å². The lowest BCUT2D eigenvalue weighted by Crippen LogP contribution is -2.42. The van der Waals surface area contributed by atoms with Crippen LogP contribution in [0.3, 0.4) is 0 Å². The van der Waals surface area contributed by atoms with Crippen LogP contribution in [0.25, 0.3) is 11.0 Å². The van der Waals surface area contributed by atoms with Crippen LogP contribution in [-0.2, 0) is 11.2 Å². The zero-order valence-electron chi connectivity index (χ0n) is 16.5. The molecule has 31 heavy (non-hydrogen) atoms. The van der Waals surface area contributed by atoms with Crippen LogP contribution in [-0.4, -0.2) is 46.4 Å². The van der Waals surface area contributed by atoms with Gasteiger partial charge in [-0.1, -0.05) is 0 Å². The summed E-state index contributed by atoms with van der Waals surface area (Å²) in [6, 6.07) is 3.87. The third-order valence-electron chi connectivity index (χ3n) is 5.53. The van der Waals surface area contributed by atoms with Gasteiger partial charge in [0, 0.05) is 18.8 Å². The largest absolute Gasteiger partial charge is 0.477 e. The van der Waals surface area contributed by atoms with Crippen molar-refractivity contribution in [1.82, 2.24) is 9.97 Å². The van der Waals surface area contributed by atoms with E-state index in [2.05, 4.69) is 15.0 Å². The van der Waals surface area contributed by atoms with Crippen molar-refractivity contribution in [3.05, 3.63) is 53.4 Å². The first-order valence-electron chi connectivity index (χ1n) is 10.0. The maximum absolute atomic E-state index is 14.8. The van der Waals surface area contributed by atoms with Crippen molar-refractivity contribution in [3.63, 3.8) is 0 Å². The van der Waals surface area contributed by atoms with Crippen LogP contribution in [0.2, 0.25) is 0 Å². The second kappa shape index (κ2) is 7.56. The van der Waals surface area contributed by atoms with Crippen molar-refractivity contribution >= 4 is 16.9 Å². The van der Waals surface area contributed by atoms with E-state index < -0.39 is 29.7 Å². The molecule has 1 fully saturated rings. The van der Waals surface area contributed by atoms with Crippen LogP contribution in [0.15, 0.2) is 35.6 Å². The Morgan fingerprint density at radius 1 is 1.26 bits per heavy atom. The molecule has 0 bridgehead atoms. The number of rotatable bonds is 6. The highest BCUT2D eigenvalue weighted by atomic mass is 19.1. The molecule has 2 N–H and O–H groups in total. The van der Waals surface area contributed by atoms with Crippen LogP contribution in [0.5, 0.6) is 11.5 Å². The van der Waals surface area contributed by atoms with Crippen LogP contribution < -0.4 is 4.74 Å². The molecule has 2 aliphatic rings. The number of benzene rings is 1. The maximum Gasteiger partial charge on any atom is 0.198 e. The number of aromatic amines is 1. The van der Waals surface area contributed by atoms with Crippen molar-refractivity contribution in [2.75, 3.05) is 19.8 Å². The van der Waals surface area contributed by atoms with Crippen molar-refractivity contribution in [2.45, 2.75) is 30.8 Å². The number of pyridine rings is 1. The van der Waals surface area contributed by atoms with Gasteiger partial charge in [0.15, 0.2) is 29.0 Å². The molecule has 1 aliphatic heterocycles. The summed E-state index contributed by atoms with van der Waals surface area (Å²) in [4.78, 5) is 11.3. The SMILES string of the molecule is OCC1(F)CN=C(Cc2cc(F)c(Oc3ccnc4[nH]cc(C5CC5)c34)c(F)c2)OC1. The Balaban J connectivity index is 1.40. The van der Waals surface area contributed by atoms with E-state index in [1.807, 2.05) is 6.20 Å². The Morgan fingerprint density at radius 2 is 2.03 bits per heavy atom. The minimum atomic E-state index is -1.93. The molecule has 3 heterocycles. The summed E-state index contributed by atoms with van der Waals surface area (Å²) in [6.07, 6.45) is 5.51. The standard InChI is InChI=1S/C22H20F3N3O3/c23-15-5-12(7-18-28-9-22(25,10-29)11-30-18)6-16(24)20(15)31-17-3-4-26-21-19(17)14(8-27-21)13-1-2-13/h3-6,8,13,29H,1-2,7,9-11H2,(H,26,27). The normalized spacial score (nSPS) is 21.1. The van der Waals surface area contributed by atoms with E-state index in [-0.39, 0.29) is 31.0 Å². The van der Waals surface area contributed by atoms with E-state index in [4.69, 9.17) is 14.6 Å². The number of nitrogens with one attached hydrogen (secondary N) is 1. The van der Waals surface area contributed by atoms with Gasteiger partial charge in [0.2, 0.25) is 0 Å². The number of fused-ring (bicyclic) bond motifs is 1. The summed E-state index contributed by atoms with van der Waals surface area (Å²) >= 11 is 0. The quantitative estimate of drug-likeness (QED) is 0.614. The molecule has 6 nitrogen and oxygen atoms in total. The van der Waals surface area contributed by atoms with Gasteiger partial charge < -0.3 is 19.6 Å². The fourth-order valence-corrected chi connectivity index (χ4v) is 3.69. The van der Waals surface area contributed by atoms with Gasteiger partial charge in [-0.2, -0.15) is 0 Å². The summed E-state index contributed by atoms with van der Waals surface area (Å²) in [5.41, 5.74) is -0.00643. The smallest absolute Gasteiger partial charge is 0.198 e. The minimum Gasteiger partial charge on any atom is -0.477 e. The number of alkyl halides is 1. The van der Waals surface area contributed by atoms with Gasteiger partial charge in [0.25, 0.3) is 0 Å². The molecule has 1 atom stereocenters. The number of hydrogen-bond donors (Lipinski definition) is 2. The van der Waals surface area contributed by atoms with Gasteiger partial charge in [-0.3, -0.25) is 4.99 Å². The average molecular weight is 431 g/mol. The molecule has 0 amide bonds. The highest BCUT2D eigenvalue weighted by molar-refractivity contribution is 5.87. The molecule has 0 radical (unpaired) electrons. The lowest BCUT2D eigenvalue weighted by molar-refractivity contribution is 0.0171. The molecule has 3 aromatic rings. The Bertz CT molecular complexity index is 1150. The summed E-state index contributed by atoms with van der Waals surface area (Å²) in [5.74, 6) is -1.34. The number of H-pyrrole nitrogens is 1.